The van der Waals surface area contributed by atoms with Gasteiger partial charge in [-0.3, -0.25) is 0 Å². The molecule has 0 atom stereocenters. The summed E-state index contributed by atoms with van der Waals surface area (Å²) in [6, 6.07) is 7.52. The molecule has 0 aliphatic rings. The van der Waals surface area contributed by atoms with Crippen LogP contribution in [0.5, 0.6) is 0 Å². The summed E-state index contributed by atoms with van der Waals surface area (Å²) in [4.78, 5) is 0. The van der Waals surface area contributed by atoms with E-state index in [4.69, 9.17) is 11.6 Å². The first kappa shape index (κ1) is 8.09. The summed E-state index contributed by atoms with van der Waals surface area (Å²) in [6.07, 6.45) is 1.73. The van der Waals surface area contributed by atoms with Crippen LogP contribution < -0.4 is 0 Å². The number of hydrogen-bond donors (Lipinski definition) is 0. The fraction of sp³-hybridized carbons (Fsp3) is 0. The second kappa shape index (κ2) is 3.40. The molecule has 1 rings (SSSR count). The molecule has 0 nitrogen and oxygen atoms in total. The third-order valence-electron chi connectivity index (χ3n) is 1.46. The van der Waals surface area contributed by atoms with Gasteiger partial charge in [0.15, 0.2) is 0 Å². The van der Waals surface area contributed by atoms with Crippen molar-refractivity contribution in [2.24, 2.45) is 0 Å². The zero-order valence-electron chi connectivity index (χ0n) is 6.18. The van der Waals surface area contributed by atoms with Gasteiger partial charge in [0.05, 0.1) is 0 Å². The Morgan fingerprint density at radius 2 is 1.82 bits per heavy atom. The largest absolute Gasteiger partial charge is 0.0985 e. The van der Waals surface area contributed by atoms with E-state index in [0.29, 0.717) is 0 Å². The monoisotopic (exact) mass is 164 g/mol. The second-order valence-electron chi connectivity index (χ2n) is 2.24. The minimum absolute atomic E-state index is 0.741. The summed E-state index contributed by atoms with van der Waals surface area (Å²) in [5.74, 6) is 0. The van der Waals surface area contributed by atoms with Crippen molar-refractivity contribution in [3.05, 3.63) is 54.1 Å². The van der Waals surface area contributed by atoms with Crippen LogP contribution in [0.4, 0.5) is 0 Å². The first-order chi connectivity index (χ1) is 5.24. The molecule has 0 aliphatic heterocycles. The van der Waals surface area contributed by atoms with E-state index < -0.39 is 0 Å². The van der Waals surface area contributed by atoms with Crippen molar-refractivity contribution in [2.75, 3.05) is 0 Å². The van der Waals surface area contributed by atoms with Crippen molar-refractivity contribution in [1.82, 2.24) is 0 Å². The Labute approximate surface area is 71.8 Å². The summed E-state index contributed by atoms with van der Waals surface area (Å²) >= 11 is 5.70. The van der Waals surface area contributed by atoms with E-state index in [2.05, 4.69) is 13.2 Å². The zero-order chi connectivity index (χ0) is 8.27. The van der Waals surface area contributed by atoms with Gasteiger partial charge in [-0.15, -0.1) is 0 Å². The Bertz CT molecular complexity index is 269. The van der Waals surface area contributed by atoms with E-state index in [-0.39, 0.29) is 0 Å². The first-order valence-electron chi connectivity index (χ1n) is 3.31. The molecular weight excluding hydrogens is 156 g/mol. The number of benzene rings is 1. The number of halogens is 1. The highest BCUT2D eigenvalue weighted by atomic mass is 35.5. The molecule has 0 bridgehead atoms. The van der Waals surface area contributed by atoms with Crippen molar-refractivity contribution in [2.45, 2.75) is 0 Å². The van der Waals surface area contributed by atoms with Crippen LogP contribution in [0.15, 0.2) is 43.5 Å². The van der Waals surface area contributed by atoms with Crippen LogP contribution in [0.1, 0.15) is 5.56 Å². The molecule has 0 saturated carbocycles. The van der Waals surface area contributed by atoms with E-state index in [1.54, 1.807) is 6.08 Å². The molecule has 0 fully saturated rings. The van der Waals surface area contributed by atoms with Gasteiger partial charge in [-0.1, -0.05) is 43.0 Å². The second-order valence-corrected chi connectivity index (χ2v) is 2.67. The van der Waals surface area contributed by atoms with Gasteiger partial charge < -0.3 is 0 Å². The van der Waals surface area contributed by atoms with Crippen molar-refractivity contribution < 1.29 is 0 Å². The summed E-state index contributed by atoms with van der Waals surface area (Å²) in [7, 11) is 0. The molecule has 1 heteroatoms. The van der Waals surface area contributed by atoms with E-state index in [1.165, 1.54) is 0 Å². The maximum atomic E-state index is 5.70. The van der Waals surface area contributed by atoms with E-state index in [1.807, 2.05) is 24.3 Å². The Balaban J connectivity index is 2.98. The SMILES string of the molecule is C=CC(=C)c1ccc(Cl)cc1. The Hall–Kier alpha value is -1.01. The van der Waals surface area contributed by atoms with Gasteiger partial charge >= 0.3 is 0 Å². The zero-order valence-corrected chi connectivity index (χ0v) is 6.93. The molecule has 1 aromatic carbocycles. The Morgan fingerprint density at radius 3 is 2.27 bits per heavy atom. The summed E-state index contributed by atoms with van der Waals surface area (Å²) in [6.45, 7) is 7.44. The minimum Gasteiger partial charge on any atom is -0.0985 e. The predicted molar refractivity (Wildman–Crippen MR) is 50.7 cm³/mol. The smallest absolute Gasteiger partial charge is 0.0406 e. The highest BCUT2D eigenvalue weighted by Gasteiger charge is 1.92. The fourth-order valence-corrected chi connectivity index (χ4v) is 0.908. The topological polar surface area (TPSA) is 0 Å². The number of allylic oxidation sites excluding steroid dienone is 2. The lowest BCUT2D eigenvalue weighted by atomic mass is 10.1. The van der Waals surface area contributed by atoms with Gasteiger partial charge in [-0.05, 0) is 23.3 Å². The molecule has 11 heavy (non-hydrogen) atoms. The molecule has 0 saturated heterocycles. The molecule has 1 aromatic rings. The van der Waals surface area contributed by atoms with Crippen molar-refractivity contribution in [1.29, 1.82) is 0 Å². The molecule has 0 unspecified atom stereocenters. The van der Waals surface area contributed by atoms with Gasteiger partial charge in [0.1, 0.15) is 0 Å². The van der Waals surface area contributed by atoms with Gasteiger partial charge in [0.2, 0.25) is 0 Å². The third kappa shape index (κ3) is 1.95. The molecule has 56 valence electrons. The predicted octanol–water partition coefficient (Wildman–Crippen LogP) is 3.54. The van der Waals surface area contributed by atoms with Crippen LogP contribution in [-0.4, -0.2) is 0 Å². The van der Waals surface area contributed by atoms with Gasteiger partial charge in [0.25, 0.3) is 0 Å². The molecule has 0 spiro atoms. The van der Waals surface area contributed by atoms with Crippen LogP contribution in [0.2, 0.25) is 5.02 Å². The standard InChI is InChI=1S/C10H9Cl/c1-3-8(2)9-4-6-10(11)7-5-9/h3-7H,1-2H2. The molecule has 0 N–H and O–H groups in total. The number of rotatable bonds is 2. The lowest BCUT2D eigenvalue weighted by molar-refractivity contribution is 1.63. The number of hydrogen-bond acceptors (Lipinski definition) is 0. The van der Waals surface area contributed by atoms with Crippen LogP contribution >= 0.6 is 11.6 Å². The Kier molecular flexibility index (Phi) is 2.50. The van der Waals surface area contributed by atoms with Gasteiger partial charge in [-0.2, -0.15) is 0 Å². The minimum atomic E-state index is 0.741. The van der Waals surface area contributed by atoms with Crippen LogP contribution in [0, 0.1) is 0 Å². The maximum absolute atomic E-state index is 5.70. The highest BCUT2D eigenvalue weighted by Crippen LogP contribution is 2.16. The van der Waals surface area contributed by atoms with E-state index in [9.17, 15) is 0 Å². The third-order valence-corrected chi connectivity index (χ3v) is 1.71. The molecule has 0 heterocycles. The summed E-state index contributed by atoms with van der Waals surface area (Å²) < 4.78 is 0. The maximum Gasteiger partial charge on any atom is 0.0406 e. The highest BCUT2D eigenvalue weighted by molar-refractivity contribution is 6.30. The first-order valence-corrected chi connectivity index (χ1v) is 3.69. The Morgan fingerprint density at radius 1 is 1.27 bits per heavy atom. The summed E-state index contributed by atoms with van der Waals surface area (Å²) in [5.41, 5.74) is 1.98. The molecule has 0 aliphatic carbocycles. The average Bonchev–Trinajstić information content (AvgIpc) is 2.05. The normalized spacial score (nSPS) is 9.18. The van der Waals surface area contributed by atoms with Crippen LogP contribution in [0.3, 0.4) is 0 Å². The van der Waals surface area contributed by atoms with Crippen molar-refractivity contribution in [3.63, 3.8) is 0 Å². The molecule has 0 radical (unpaired) electrons. The molecule has 0 aromatic heterocycles. The average molecular weight is 165 g/mol. The lowest BCUT2D eigenvalue weighted by Crippen LogP contribution is -1.76. The van der Waals surface area contributed by atoms with E-state index in [0.717, 1.165) is 16.2 Å². The van der Waals surface area contributed by atoms with Gasteiger partial charge in [-0.25, -0.2) is 0 Å². The summed E-state index contributed by atoms with van der Waals surface area (Å²) in [5, 5.41) is 0.741. The van der Waals surface area contributed by atoms with E-state index >= 15 is 0 Å². The van der Waals surface area contributed by atoms with Crippen molar-refractivity contribution in [3.8, 4) is 0 Å². The van der Waals surface area contributed by atoms with Crippen molar-refractivity contribution >= 4 is 17.2 Å². The van der Waals surface area contributed by atoms with Gasteiger partial charge in [0, 0.05) is 5.02 Å². The lowest BCUT2D eigenvalue weighted by Gasteiger charge is -1.98. The van der Waals surface area contributed by atoms with Crippen LogP contribution in [-0.2, 0) is 0 Å². The molecular formula is C10H9Cl. The molecule has 0 amide bonds. The van der Waals surface area contributed by atoms with Crippen LogP contribution in [0.25, 0.3) is 5.57 Å². The quantitative estimate of drug-likeness (QED) is 0.587. The fourth-order valence-electron chi connectivity index (χ4n) is 0.782.